The van der Waals surface area contributed by atoms with Gasteiger partial charge < -0.3 is 24.2 Å². The molecule has 2 aromatic rings. The number of likely N-dealkylation sites (N-methyl/N-ethyl adjacent to an activating group) is 1. The molecule has 0 aliphatic rings. The lowest BCUT2D eigenvalue weighted by Crippen LogP contribution is -3.11. The van der Waals surface area contributed by atoms with Gasteiger partial charge in [0, 0.05) is 5.56 Å². The van der Waals surface area contributed by atoms with Crippen LogP contribution in [0.2, 0.25) is 0 Å². The summed E-state index contributed by atoms with van der Waals surface area (Å²) < 4.78 is 16.2. The number of methoxy groups -OCH3 is 2. The summed E-state index contributed by atoms with van der Waals surface area (Å²) in [6.07, 6.45) is -0.492. The molecule has 5 nitrogen and oxygen atoms in total. The average molecular weight is 360 g/mol. The van der Waals surface area contributed by atoms with E-state index in [0.29, 0.717) is 31.3 Å². The number of benzene rings is 2. The Morgan fingerprint density at radius 2 is 1.69 bits per heavy atom. The third-order valence-electron chi connectivity index (χ3n) is 4.35. The van der Waals surface area contributed by atoms with Gasteiger partial charge in [0.2, 0.25) is 0 Å². The number of quaternary nitrogens is 1. The van der Waals surface area contributed by atoms with Crippen LogP contribution in [-0.2, 0) is 17.9 Å². The van der Waals surface area contributed by atoms with Gasteiger partial charge in [-0.3, -0.25) is 0 Å². The zero-order chi connectivity index (χ0) is 18.8. The van der Waals surface area contributed by atoms with Gasteiger partial charge in [0.05, 0.1) is 34.0 Å². The van der Waals surface area contributed by atoms with E-state index in [0.717, 1.165) is 18.7 Å². The molecule has 2 rings (SSSR count). The van der Waals surface area contributed by atoms with Gasteiger partial charge in [-0.1, -0.05) is 36.4 Å². The second-order valence-corrected chi connectivity index (χ2v) is 6.33. The molecule has 1 unspecified atom stereocenters. The van der Waals surface area contributed by atoms with E-state index in [1.165, 1.54) is 10.5 Å². The van der Waals surface area contributed by atoms with Crippen molar-refractivity contribution >= 4 is 0 Å². The van der Waals surface area contributed by atoms with Crippen LogP contribution in [0, 0.1) is 0 Å². The van der Waals surface area contributed by atoms with Crippen molar-refractivity contribution in [2.24, 2.45) is 0 Å². The molecule has 2 aromatic carbocycles. The molecule has 0 spiro atoms. The molecular formula is C21H30NO4+. The highest BCUT2D eigenvalue weighted by Gasteiger charge is 2.14. The Bertz CT molecular complexity index is 648. The van der Waals surface area contributed by atoms with Gasteiger partial charge >= 0.3 is 0 Å². The molecule has 0 bridgehead atoms. The minimum Gasteiger partial charge on any atom is -0.493 e. The highest BCUT2D eigenvalue weighted by Crippen LogP contribution is 2.27. The smallest absolute Gasteiger partial charge is 0.161 e. The summed E-state index contributed by atoms with van der Waals surface area (Å²) in [6, 6.07) is 16.0. The lowest BCUT2D eigenvalue weighted by molar-refractivity contribution is -0.915. The van der Waals surface area contributed by atoms with Gasteiger partial charge in [-0.15, -0.1) is 0 Å². The van der Waals surface area contributed by atoms with Crippen LogP contribution in [-0.4, -0.2) is 45.1 Å². The molecule has 0 heterocycles. The zero-order valence-electron chi connectivity index (χ0n) is 15.9. The minimum atomic E-state index is -0.492. The van der Waals surface area contributed by atoms with Crippen LogP contribution in [0.1, 0.15) is 18.1 Å². The number of hydrogen-bond acceptors (Lipinski definition) is 4. The Morgan fingerprint density at radius 1 is 0.962 bits per heavy atom. The third-order valence-corrected chi connectivity index (χ3v) is 4.35. The summed E-state index contributed by atoms with van der Waals surface area (Å²) in [5.41, 5.74) is 2.27. The Balaban J connectivity index is 1.78. The Morgan fingerprint density at radius 3 is 2.35 bits per heavy atom. The summed E-state index contributed by atoms with van der Waals surface area (Å²) in [5, 5.41) is 10.3. The largest absolute Gasteiger partial charge is 0.493 e. The van der Waals surface area contributed by atoms with Gasteiger partial charge in [0.15, 0.2) is 11.5 Å². The third kappa shape index (κ3) is 6.33. The van der Waals surface area contributed by atoms with E-state index in [2.05, 4.69) is 19.1 Å². The maximum absolute atomic E-state index is 10.3. The van der Waals surface area contributed by atoms with Crippen molar-refractivity contribution in [1.82, 2.24) is 0 Å². The zero-order valence-corrected chi connectivity index (χ0v) is 15.9. The summed E-state index contributed by atoms with van der Waals surface area (Å²) in [6.45, 7) is 5.41. The predicted octanol–water partition coefficient (Wildman–Crippen LogP) is 1.69. The Labute approximate surface area is 156 Å². The molecule has 26 heavy (non-hydrogen) atoms. The molecule has 0 fully saturated rings. The second-order valence-electron chi connectivity index (χ2n) is 6.33. The van der Waals surface area contributed by atoms with E-state index in [1.54, 1.807) is 14.2 Å². The molecule has 0 aliphatic heterocycles. The van der Waals surface area contributed by atoms with Crippen LogP contribution in [0.4, 0.5) is 0 Å². The van der Waals surface area contributed by atoms with Gasteiger partial charge in [-0.25, -0.2) is 0 Å². The number of hydrogen-bond donors (Lipinski definition) is 2. The van der Waals surface area contributed by atoms with E-state index in [-0.39, 0.29) is 0 Å². The fourth-order valence-electron chi connectivity index (χ4n) is 2.90. The molecule has 2 N–H and O–H groups in total. The normalized spacial score (nSPS) is 13.2. The lowest BCUT2D eigenvalue weighted by atomic mass is 10.2. The van der Waals surface area contributed by atoms with Crippen LogP contribution < -0.4 is 14.4 Å². The first-order valence-electron chi connectivity index (χ1n) is 9.00. The highest BCUT2D eigenvalue weighted by molar-refractivity contribution is 5.42. The van der Waals surface area contributed by atoms with Crippen molar-refractivity contribution in [3.05, 3.63) is 59.7 Å². The topological polar surface area (TPSA) is 52.4 Å². The van der Waals surface area contributed by atoms with Crippen molar-refractivity contribution < 1.29 is 24.2 Å². The van der Waals surface area contributed by atoms with Crippen molar-refractivity contribution in [2.45, 2.75) is 26.2 Å². The summed E-state index contributed by atoms with van der Waals surface area (Å²) >= 11 is 0. The second kappa shape index (κ2) is 10.8. The van der Waals surface area contributed by atoms with E-state index in [9.17, 15) is 5.11 Å². The molecule has 0 saturated heterocycles. The first kappa shape index (κ1) is 20.2. The minimum absolute atomic E-state index is 0.312. The van der Waals surface area contributed by atoms with Gasteiger partial charge in [0.25, 0.3) is 0 Å². The van der Waals surface area contributed by atoms with Crippen LogP contribution >= 0.6 is 0 Å². The van der Waals surface area contributed by atoms with E-state index in [1.807, 2.05) is 36.4 Å². The quantitative estimate of drug-likeness (QED) is 0.640. The van der Waals surface area contributed by atoms with Crippen molar-refractivity contribution in [2.75, 3.05) is 33.9 Å². The fourth-order valence-corrected chi connectivity index (χ4v) is 2.90. The van der Waals surface area contributed by atoms with Crippen LogP contribution in [0.15, 0.2) is 48.5 Å². The van der Waals surface area contributed by atoms with Gasteiger partial charge in [0.1, 0.15) is 19.2 Å². The lowest BCUT2D eigenvalue weighted by Gasteiger charge is -2.21. The standard InChI is InChI=1S/C21H29NO4/c1-4-22(13-17-8-6-5-7-9-17)14-19(23)16-26-15-18-10-11-20(24-2)21(12-18)25-3/h5-12,19,23H,4,13-16H2,1-3H3/p+1/t19-/m0/s1. The molecule has 0 radical (unpaired) electrons. The Hall–Kier alpha value is -2.08. The number of aliphatic hydroxyl groups is 1. The van der Waals surface area contributed by atoms with E-state index in [4.69, 9.17) is 14.2 Å². The number of aliphatic hydroxyl groups excluding tert-OH is 1. The summed E-state index contributed by atoms with van der Waals surface area (Å²) in [4.78, 5) is 1.33. The molecule has 0 amide bonds. The van der Waals surface area contributed by atoms with Gasteiger partial charge in [-0.2, -0.15) is 0 Å². The van der Waals surface area contributed by atoms with Crippen LogP contribution in [0.5, 0.6) is 11.5 Å². The van der Waals surface area contributed by atoms with Gasteiger partial charge in [-0.05, 0) is 24.6 Å². The average Bonchev–Trinajstić information content (AvgIpc) is 2.68. The maximum Gasteiger partial charge on any atom is 0.161 e. The molecule has 5 heteroatoms. The predicted molar refractivity (Wildman–Crippen MR) is 102 cm³/mol. The monoisotopic (exact) mass is 360 g/mol. The summed E-state index contributed by atoms with van der Waals surface area (Å²) in [5.74, 6) is 1.37. The molecular weight excluding hydrogens is 330 g/mol. The summed E-state index contributed by atoms with van der Waals surface area (Å²) in [7, 11) is 3.22. The maximum atomic E-state index is 10.3. The van der Waals surface area contributed by atoms with Crippen molar-refractivity contribution in [1.29, 1.82) is 0 Å². The first-order valence-corrected chi connectivity index (χ1v) is 9.00. The van der Waals surface area contributed by atoms with Crippen molar-refractivity contribution in [3.63, 3.8) is 0 Å². The van der Waals surface area contributed by atoms with E-state index < -0.39 is 6.10 Å². The molecule has 2 atom stereocenters. The molecule has 0 aliphatic carbocycles. The molecule has 142 valence electrons. The Kier molecular flexibility index (Phi) is 8.41. The van der Waals surface area contributed by atoms with Crippen LogP contribution in [0.3, 0.4) is 0 Å². The van der Waals surface area contributed by atoms with E-state index >= 15 is 0 Å². The van der Waals surface area contributed by atoms with Crippen molar-refractivity contribution in [3.8, 4) is 11.5 Å². The molecule has 0 aromatic heterocycles. The number of nitrogens with one attached hydrogen (secondary N) is 1. The first-order chi connectivity index (χ1) is 12.7. The van der Waals surface area contributed by atoms with Crippen LogP contribution in [0.25, 0.3) is 0 Å². The number of ether oxygens (including phenoxy) is 3. The SMILES string of the molecule is CC[NH+](Cc1ccccc1)C[C@H](O)COCc1ccc(OC)c(OC)c1. The fraction of sp³-hybridized carbons (Fsp3) is 0.429. The molecule has 0 saturated carbocycles. The number of rotatable bonds is 11. The highest BCUT2D eigenvalue weighted by atomic mass is 16.5.